The number of aromatic amines is 1. The molecule has 0 aliphatic carbocycles. The Bertz CT molecular complexity index is 999. The monoisotopic (exact) mass is 445 g/mol. The third-order valence-electron chi connectivity index (χ3n) is 4.13. The summed E-state index contributed by atoms with van der Waals surface area (Å²) < 4.78 is 11.7. The van der Waals surface area contributed by atoms with E-state index in [1.54, 1.807) is 43.5 Å². The summed E-state index contributed by atoms with van der Waals surface area (Å²) in [5.74, 6) is 0.585. The lowest BCUT2D eigenvalue weighted by atomic mass is 10.2. The predicted molar refractivity (Wildman–Crippen MR) is 110 cm³/mol. The van der Waals surface area contributed by atoms with Crippen LogP contribution in [0, 0.1) is 0 Å². The van der Waals surface area contributed by atoms with Gasteiger partial charge in [0.2, 0.25) is 5.88 Å². The van der Waals surface area contributed by atoms with Crippen molar-refractivity contribution in [3.63, 3.8) is 0 Å². The number of carbonyl (C=O) groups excluding carboxylic acids is 1. The van der Waals surface area contributed by atoms with Crippen LogP contribution in [0.2, 0.25) is 0 Å². The molecule has 3 rings (SSSR count). The molecule has 1 heterocycles. The van der Waals surface area contributed by atoms with Gasteiger partial charge in [0.15, 0.2) is 11.8 Å². The van der Waals surface area contributed by atoms with E-state index < -0.39 is 12.0 Å². The van der Waals surface area contributed by atoms with Gasteiger partial charge < -0.3 is 19.6 Å². The van der Waals surface area contributed by atoms with Crippen molar-refractivity contribution in [3.8, 4) is 17.4 Å². The van der Waals surface area contributed by atoms with Crippen LogP contribution in [0.25, 0.3) is 10.9 Å². The van der Waals surface area contributed by atoms with Gasteiger partial charge in [0.1, 0.15) is 11.5 Å². The van der Waals surface area contributed by atoms with E-state index >= 15 is 0 Å². The summed E-state index contributed by atoms with van der Waals surface area (Å²) in [6, 6.07) is 12.4. The molecule has 146 valence electrons. The van der Waals surface area contributed by atoms with Gasteiger partial charge in [-0.05, 0) is 48.9 Å². The summed E-state index contributed by atoms with van der Waals surface area (Å²) in [4.78, 5) is 15.4. The van der Waals surface area contributed by atoms with E-state index in [4.69, 9.17) is 9.47 Å². The second-order valence-corrected chi connectivity index (χ2v) is 7.04. The Hall–Kier alpha value is -2.87. The Morgan fingerprint density at radius 2 is 1.93 bits per heavy atom. The molecule has 0 aliphatic heterocycles. The molecule has 8 heteroatoms. The summed E-state index contributed by atoms with van der Waals surface area (Å²) >= 11 is 3.38. The second kappa shape index (κ2) is 8.88. The van der Waals surface area contributed by atoms with Gasteiger partial charge in [0, 0.05) is 9.86 Å². The maximum Gasteiger partial charge on any atom is 0.305 e. The first-order valence-corrected chi connectivity index (χ1v) is 9.57. The molecule has 1 amide bonds. The molecular weight excluding hydrogens is 426 g/mol. The number of amides is 1. The van der Waals surface area contributed by atoms with Gasteiger partial charge in [-0.2, -0.15) is 0 Å². The number of fused-ring (bicyclic) bond motifs is 1. The lowest BCUT2D eigenvalue weighted by Gasteiger charge is -2.15. The molecule has 1 unspecified atom stereocenters. The highest BCUT2D eigenvalue weighted by atomic mass is 79.9. The number of halogens is 1. The fourth-order valence-corrected chi connectivity index (χ4v) is 3.08. The van der Waals surface area contributed by atoms with Crippen molar-refractivity contribution < 1.29 is 19.4 Å². The number of aromatic nitrogens is 1. The van der Waals surface area contributed by atoms with Crippen LogP contribution in [0.4, 0.5) is 5.69 Å². The topological polar surface area (TPSA) is 96.3 Å². The maximum absolute atomic E-state index is 12.6. The first-order valence-electron chi connectivity index (χ1n) is 8.78. The third kappa shape index (κ3) is 4.51. The van der Waals surface area contributed by atoms with Crippen LogP contribution in [0.15, 0.2) is 57.2 Å². The smallest absolute Gasteiger partial charge is 0.305 e. The number of H-pyrrole nitrogens is 1. The van der Waals surface area contributed by atoms with Gasteiger partial charge in [-0.15, -0.1) is 10.2 Å². The molecular formula is C20H20BrN3O4. The molecule has 0 fully saturated rings. The molecule has 0 radical (unpaired) electrons. The number of benzene rings is 2. The zero-order valence-corrected chi connectivity index (χ0v) is 17.1. The van der Waals surface area contributed by atoms with Gasteiger partial charge in [-0.3, -0.25) is 4.79 Å². The van der Waals surface area contributed by atoms with Crippen LogP contribution in [-0.4, -0.2) is 29.2 Å². The van der Waals surface area contributed by atoms with Crippen molar-refractivity contribution >= 4 is 38.4 Å². The minimum Gasteiger partial charge on any atom is -0.497 e. The van der Waals surface area contributed by atoms with E-state index in [2.05, 4.69) is 31.1 Å². The fraction of sp³-hybridized carbons (Fsp3) is 0.250. The van der Waals surface area contributed by atoms with Gasteiger partial charge in [-0.25, -0.2) is 0 Å². The number of methoxy groups -OCH3 is 1. The van der Waals surface area contributed by atoms with Crippen molar-refractivity contribution in [1.82, 2.24) is 4.98 Å². The van der Waals surface area contributed by atoms with Crippen LogP contribution >= 0.6 is 15.9 Å². The average Bonchev–Trinajstić information content (AvgIpc) is 3.00. The van der Waals surface area contributed by atoms with E-state index in [1.807, 2.05) is 13.0 Å². The number of hydrogen-bond donors (Lipinski definition) is 2. The molecule has 0 saturated carbocycles. The molecule has 0 aliphatic rings. The number of ether oxygens (including phenoxy) is 2. The quantitative estimate of drug-likeness (QED) is 0.469. The Morgan fingerprint density at radius 3 is 2.61 bits per heavy atom. The van der Waals surface area contributed by atoms with Crippen LogP contribution in [-0.2, 0) is 4.79 Å². The molecule has 2 N–H and O–H groups in total. The lowest BCUT2D eigenvalue weighted by Crippen LogP contribution is -2.25. The van der Waals surface area contributed by atoms with Gasteiger partial charge in [0.05, 0.1) is 12.6 Å². The molecule has 2 aromatic carbocycles. The summed E-state index contributed by atoms with van der Waals surface area (Å²) in [7, 11) is 1.58. The predicted octanol–water partition coefficient (Wildman–Crippen LogP) is 5.50. The Labute approximate surface area is 170 Å². The Morgan fingerprint density at radius 1 is 1.21 bits per heavy atom. The number of rotatable bonds is 7. The van der Waals surface area contributed by atoms with Crippen molar-refractivity contribution in [2.45, 2.75) is 25.9 Å². The maximum atomic E-state index is 12.6. The zero-order valence-electron chi connectivity index (χ0n) is 15.5. The van der Waals surface area contributed by atoms with Crippen LogP contribution in [0.5, 0.6) is 17.4 Å². The van der Waals surface area contributed by atoms with Crippen molar-refractivity contribution in [2.24, 2.45) is 10.2 Å². The number of aromatic hydroxyl groups is 1. The lowest BCUT2D eigenvalue weighted by molar-refractivity contribution is -0.125. The summed E-state index contributed by atoms with van der Waals surface area (Å²) in [5, 5.41) is 18.5. The molecule has 7 nitrogen and oxygen atoms in total. The van der Waals surface area contributed by atoms with Crippen molar-refractivity contribution in [2.75, 3.05) is 7.11 Å². The summed E-state index contributed by atoms with van der Waals surface area (Å²) in [5.41, 5.74) is 0.908. The highest BCUT2D eigenvalue weighted by molar-refractivity contribution is 9.10. The van der Waals surface area contributed by atoms with Gasteiger partial charge in [0.25, 0.3) is 0 Å². The SMILES string of the molecule is CCCC(Oc1ccc(OC)cc1)C(=O)N=Nc1c(O)[nH]c2ccc(Br)cc12. The van der Waals surface area contributed by atoms with E-state index in [9.17, 15) is 9.90 Å². The van der Waals surface area contributed by atoms with E-state index in [0.29, 0.717) is 28.8 Å². The van der Waals surface area contributed by atoms with Crippen molar-refractivity contribution in [3.05, 3.63) is 46.9 Å². The fourth-order valence-electron chi connectivity index (χ4n) is 2.71. The number of hydrogen-bond acceptors (Lipinski definition) is 5. The first-order chi connectivity index (χ1) is 13.5. The minimum absolute atomic E-state index is 0.146. The van der Waals surface area contributed by atoms with E-state index in [0.717, 1.165) is 10.9 Å². The van der Waals surface area contributed by atoms with E-state index in [-0.39, 0.29) is 11.6 Å². The molecule has 0 spiro atoms. The van der Waals surface area contributed by atoms with Crippen LogP contribution in [0.3, 0.4) is 0 Å². The number of nitrogens with zero attached hydrogens (tertiary/aromatic N) is 2. The molecule has 0 bridgehead atoms. The second-order valence-electron chi connectivity index (χ2n) is 6.12. The standard InChI is InChI=1S/C20H20BrN3O4/c1-3-4-17(28-14-8-6-13(27-2)7-9-14)19(25)24-23-18-15-11-12(21)5-10-16(15)22-20(18)26/h5-11,17,22,26H,3-4H2,1-2H3. The normalized spacial score (nSPS) is 12.4. The largest absolute Gasteiger partial charge is 0.497 e. The molecule has 28 heavy (non-hydrogen) atoms. The Balaban J connectivity index is 1.80. The first kappa shape index (κ1) is 19.9. The molecule has 0 saturated heterocycles. The van der Waals surface area contributed by atoms with Crippen LogP contribution in [0.1, 0.15) is 19.8 Å². The van der Waals surface area contributed by atoms with E-state index in [1.165, 1.54) is 0 Å². The van der Waals surface area contributed by atoms with Gasteiger partial charge >= 0.3 is 5.91 Å². The number of carbonyl (C=O) groups is 1. The molecule has 1 atom stereocenters. The average molecular weight is 446 g/mol. The number of nitrogens with one attached hydrogen (secondary N) is 1. The highest BCUT2D eigenvalue weighted by Crippen LogP contribution is 2.36. The minimum atomic E-state index is -0.763. The van der Waals surface area contributed by atoms with Crippen LogP contribution < -0.4 is 9.47 Å². The Kier molecular flexibility index (Phi) is 6.30. The molecule has 1 aromatic heterocycles. The zero-order chi connectivity index (χ0) is 20.1. The summed E-state index contributed by atoms with van der Waals surface area (Å²) in [6.45, 7) is 1.96. The van der Waals surface area contributed by atoms with Crippen molar-refractivity contribution in [1.29, 1.82) is 0 Å². The van der Waals surface area contributed by atoms with Gasteiger partial charge in [-0.1, -0.05) is 29.3 Å². The number of azo groups is 1. The third-order valence-corrected chi connectivity index (χ3v) is 4.62. The summed E-state index contributed by atoms with van der Waals surface area (Å²) in [6.07, 6.45) is 0.476. The highest BCUT2D eigenvalue weighted by Gasteiger charge is 2.20. The molecule has 3 aromatic rings.